The zero-order valence-corrected chi connectivity index (χ0v) is 18.6. The SMILES string of the molecule is CCCCCCC[C@H]1CC[C@H](C2CCC(c3ccc(OC(F)(F)F)cc3)CC2)CC1. The molecule has 0 heterocycles. The van der Waals surface area contributed by atoms with E-state index in [-0.39, 0.29) is 5.75 Å². The van der Waals surface area contributed by atoms with Crippen LogP contribution in [0.15, 0.2) is 24.3 Å². The van der Waals surface area contributed by atoms with Gasteiger partial charge in [0, 0.05) is 0 Å². The van der Waals surface area contributed by atoms with Crippen molar-refractivity contribution < 1.29 is 17.9 Å². The van der Waals surface area contributed by atoms with E-state index in [2.05, 4.69) is 11.7 Å². The molecule has 0 aromatic heterocycles. The maximum Gasteiger partial charge on any atom is 0.573 e. The summed E-state index contributed by atoms with van der Waals surface area (Å²) < 4.78 is 41.0. The molecule has 2 saturated carbocycles. The van der Waals surface area contributed by atoms with Gasteiger partial charge < -0.3 is 4.74 Å². The highest BCUT2D eigenvalue weighted by molar-refractivity contribution is 5.29. The van der Waals surface area contributed by atoms with Gasteiger partial charge in [0.1, 0.15) is 5.75 Å². The Hall–Kier alpha value is -1.19. The molecule has 0 spiro atoms. The van der Waals surface area contributed by atoms with Gasteiger partial charge in [-0.2, -0.15) is 0 Å². The molecule has 1 nitrogen and oxygen atoms in total. The van der Waals surface area contributed by atoms with E-state index >= 15 is 0 Å². The molecular weight excluding hydrogens is 385 g/mol. The monoisotopic (exact) mass is 424 g/mol. The zero-order chi connectivity index (χ0) is 21.4. The van der Waals surface area contributed by atoms with Crippen LogP contribution in [0.3, 0.4) is 0 Å². The van der Waals surface area contributed by atoms with Crippen molar-refractivity contribution in [2.24, 2.45) is 17.8 Å². The van der Waals surface area contributed by atoms with E-state index in [9.17, 15) is 13.2 Å². The molecule has 0 aliphatic heterocycles. The van der Waals surface area contributed by atoms with Crippen LogP contribution in [0, 0.1) is 17.8 Å². The third-order valence-corrected chi connectivity index (χ3v) is 7.63. The van der Waals surface area contributed by atoms with E-state index in [1.54, 1.807) is 0 Å². The average molecular weight is 425 g/mol. The van der Waals surface area contributed by atoms with Crippen molar-refractivity contribution >= 4 is 0 Å². The molecule has 170 valence electrons. The molecule has 0 atom stereocenters. The third-order valence-electron chi connectivity index (χ3n) is 7.63. The van der Waals surface area contributed by atoms with E-state index in [0.29, 0.717) is 5.92 Å². The molecule has 30 heavy (non-hydrogen) atoms. The summed E-state index contributed by atoms with van der Waals surface area (Å²) in [6.07, 6.45) is 14.4. The first-order valence-electron chi connectivity index (χ1n) is 12.3. The van der Waals surface area contributed by atoms with Crippen molar-refractivity contribution in [3.63, 3.8) is 0 Å². The molecule has 2 aliphatic rings. The van der Waals surface area contributed by atoms with E-state index < -0.39 is 6.36 Å². The highest BCUT2D eigenvalue weighted by Gasteiger charge is 2.32. The summed E-state index contributed by atoms with van der Waals surface area (Å²) in [7, 11) is 0. The number of unbranched alkanes of at least 4 members (excludes halogenated alkanes) is 4. The second kappa shape index (κ2) is 11.4. The van der Waals surface area contributed by atoms with E-state index in [0.717, 1.165) is 23.3 Å². The van der Waals surface area contributed by atoms with E-state index in [1.807, 2.05) is 12.1 Å². The first-order chi connectivity index (χ1) is 14.4. The van der Waals surface area contributed by atoms with Crippen LogP contribution in [-0.2, 0) is 0 Å². The molecule has 1 aromatic carbocycles. The Bertz CT molecular complexity index is 594. The number of ether oxygens (including phenoxy) is 1. The van der Waals surface area contributed by atoms with Crippen LogP contribution in [0.1, 0.15) is 108 Å². The summed E-state index contributed by atoms with van der Waals surface area (Å²) in [5, 5.41) is 0. The quantitative estimate of drug-likeness (QED) is 0.359. The minimum absolute atomic E-state index is 0.123. The number of benzene rings is 1. The van der Waals surface area contributed by atoms with Crippen LogP contribution in [0.2, 0.25) is 0 Å². The maximum atomic E-state index is 12.3. The van der Waals surface area contributed by atoms with Crippen molar-refractivity contribution in [1.82, 2.24) is 0 Å². The minimum Gasteiger partial charge on any atom is -0.406 e. The molecule has 1 aromatic rings. The van der Waals surface area contributed by atoms with Gasteiger partial charge in [-0.3, -0.25) is 0 Å². The van der Waals surface area contributed by atoms with Crippen LogP contribution < -0.4 is 4.74 Å². The van der Waals surface area contributed by atoms with Gasteiger partial charge in [-0.25, -0.2) is 0 Å². The molecule has 2 aliphatic carbocycles. The third kappa shape index (κ3) is 7.50. The molecule has 0 radical (unpaired) electrons. The predicted octanol–water partition coefficient (Wildman–Crippen LogP) is 9.03. The molecule has 0 bridgehead atoms. The Balaban J connectivity index is 1.36. The Labute approximate surface area is 180 Å². The van der Waals surface area contributed by atoms with Gasteiger partial charge in [0.15, 0.2) is 0 Å². The van der Waals surface area contributed by atoms with Crippen LogP contribution >= 0.6 is 0 Å². The molecule has 0 N–H and O–H groups in total. The van der Waals surface area contributed by atoms with Gasteiger partial charge in [0.25, 0.3) is 0 Å². The van der Waals surface area contributed by atoms with E-state index in [1.165, 1.54) is 102 Å². The number of alkyl halides is 3. The first kappa shape index (κ1) is 23.5. The molecule has 0 saturated heterocycles. The highest BCUT2D eigenvalue weighted by Crippen LogP contribution is 2.44. The van der Waals surface area contributed by atoms with Gasteiger partial charge >= 0.3 is 6.36 Å². The lowest BCUT2D eigenvalue weighted by Gasteiger charge is -2.38. The fourth-order valence-electron chi connectivity index (χ4n) is 5.85. The number of hydrogen-bond donors (Lipinski definition) is 0. The molecule has 0 amide bonds. The van der Waals surface area contributed by atoms with Crippen LogP contribution in [0.4, 0.5) is 13.2 Å². The zero-order valence-electron chi connectivity index (χ0n) is 18.6. The number of hydrogen-bond acceptors (Lipinski definition) is 1. The number of rotatable bonds is 9. The second-order valence-electron chi connectivity index (χ2n) is 9.71. The summed E-state index contributed by atoms with van der Waals surface area (Å²) in [4.78, 5) is 0. The Morgan fingerprint density at radius 2 is 1.33 bits per heavy atom. The van der Waals surface area contributed by atoms with Gasteiger partial charge in [-0.1, -0.05) is 70.4 Å². The van der Waals surface area contributed by atoms with Crippen molar-refractivity contribution in [1.29, 1.82) is 0 Å². The average Bonchev–Trinajstić information content (AvgIpc) is 2.74. The van der Waals surface area contributed by atoms with Crippen LogP contribution in [-0.4, -0.2) is 6.36 Å². The molecule has 3 rings (SSSR count). The van der Waals surface area contributed by atoms with Gasteiger partial charge in [-0.05, 0) is 79.9 Å². The van der Waals surface area contributed by atoms with Crippen LogP contribution in [0.25, 0.3) is 0 Å². The fourth-order valence-corrected chi connectivity index (χ4v) is 5.85. The summed E-state index contributed by atoms with van der Waals surface area (Å²) in [5.74, 6) is 3.10. The lowest BCUT2D eigenvalue weighted by molar-refractivity contribution is -0.274. The summed E-state index contributed by atoms with van der Waals surface area (Å²) in [5.41, 5.74) is 1.16. The topological polar surface area (TPSA) is 9.23 Å². The largest absolute Gasteiger partial charge is 0.573 e. The first-order valence-corrected chi connectivity index (χ1v) is 12.3. The Morgan fingerprint density at radius 1 is 0.767 bits per heavy atom. The van der Waals surface area contributed by atoms with Crippen molar-refractivity contribution in [2.45, 2.75) is 109 Å². The van der Waals surface area contributed by atoms with Crippen molar-refractivity contribution in [3.8, 4) is 5.75 Å². The summed E-state index contributed by atoms with van der Waals surface area (Å²) >= 11 is 0. The second-order valence-corrected chi connectivity index (χ2v) is 9.71. The van der Waals surface area contributed by atoms with Crippen LogP contribution in [0.5, 0.6) is 5.75 Å². The highest BCUT2D eigenvalue weighted by atomic mass is 19.4. The van der Waals surface area contributed by atoms with Crippen molar-refractivity contribution in [3.05, 3.63) is 29.8 Å². The fraction of sp³-hybridized carbons (Fsp3) is 0.769. The van der Waals surface area contributed by atoms with Crippen molar-refractivity contribution in [2.75, 3.05) is 0 Å². The molecule has 2 fully saturated rings. The van der Waals surface area contributed by atoms with E-state index in [4.69, 9.17) is 0 Å². The molecular formula is C26H39F3O. The van der Waals surface area contributed by atoms with Gasteiger partial charge in [0.05, 0.1) is 0 Å². The lowest BCUT2D eigenvalue weighted by atomic mass is 9.68. The maximum absolute atomic E-state index is 12.3. The standard InChI is InChI=1S/C26H39F3O/c1-2-3-4-5-6-7-20-8-10-21(11-9-20)22-12-14-23(15-13-22)24-16-18-25(19-17-24)30-26(27,28)29/h16-23H,2-15H2,1H3/t20-,21-,22?,23?. The molecule has 4 heteroatoms. The summed E-state index contributed by atoms with van der Waals surface area (Å²) in [6, 6.07) is 6.55. The minimum atomic E-state index is -4.62. The normalized spacial score (nSPS) is 27.7. The smallest absolute Gasteiger partial charge is 0.406 e. The molecule has 0 unspecified atom stereocenters. The van der Waals surface area contributed by atoms with Gasteiger partial charge in [-0.15, -0.1) is 13.2 Å². The Morgan fingerprint density at radius 3 is 1.90 bits per heavy atom. The lowest BCUT2D eigenvalue weighted by Crippen LogP contribution is -2.25. The Kier molecular flexibility index (Phi) is 8.95. The predicted molar refractivity (Wildman–Crippen MR) is 117 cm³/mol. The van der Waals surface area contributed by atoms with Gasteiger partial charge in [0.2, 0.25) is 0 Å². The summed E-state index contributed by atoms with van der Waals surface area (Å²) in [6.45, 7) is 2.28. The number of halogens is 3.